The van der Waals surface area contributed by atoms with Crippen molar-refractivity contribution < 1.29 is 14.4 Å². The molecule has 2 aliphatic rings. The number of hydrogen-bond acceptors (Lipinski definition) is 3. The summed E-state index contributed by atoms with van der Waals surface area (Å²) in [5.41, 5.74) is 1.26. The van der Waals surface area contributed by atoms with Gasteiger partial charge in [0.1, 0.15) is 0 Å². The number of anilines is 2. The van der Waals surface area contributed by atoms with E-state index < -0.39 is 0 Å². The fraction of sp³-hybridized carbons (Fsp3) is 0.500. The first-order valence-corrected chi connectivity index (χ1v) is 8.51. The summed E-state index contributed by atoms with van der Waals surface area (Å²) in [4.78, 5) is 37.7. The van der Waals surface area contributed by atoms with E-state index in [1.54, 1.807) is 24.3 Å². The number of nitrogens with one attached hydrogen (secondary N) is 2. The highest BCUT2D eigenvalue weighted by Crippen LogP contribution is 2.30. The maximum Gasteiger partial charge on any atom is 0.229 e. The third kappa shape index (κ3) is 3.75. The predicted molar refractivity (Wildman–Crippen MR) is 91.5 cm³/mol. The highest BCUT2D eigenvalue weighted by Gasteiger charge is 2.38. The van der Waals surface area contributed by atoms with Crippen molar-refractivity contribution in [3.05, 3.63) is 24.3 Å². The second kappa shape index (κ2) is 7.03. The molecule has 1 heterocycles. The molecule has 1 aliphatic carbocycles. The molecule has 6 nitrogen and oxygen atoms in total. The topological polar surface area (TPSA) is 78.5 Å². The Morgan fingerprint density at radius 3 is 2.46 bits per heavy atom. The SMILES string of the molecule is CC(=O)Nc1cccc(NC(=O)[C@H]2CC(=O)N(C3CCCC3)C2)c1. The first kappa shape index (κ1) is 16.5. The van der Waals surface area contributed by atoms with Gasteiger partial charge in [0.15, 0.2) is 0 Å². The third-order valence-electron chi connectivity index (χ3n) is 4.75. The fourth-order valence-corrected chi connectivity index (χ4v) is 3.60. The first-order valence-electron chi connectivity index (χ1n) is 8.51. The van der Waals surface area contributed by atoms with Crippen LogP contribution in [-0.4, -0.2) is 35.2 Å². The van der Waals surface area contributed by atoms with Gasteiger partial charge in [0, 0.05) is 37.3 Å². The van der Waals surface area contributed by atoms with Gasteiger partial charge in [-0.1, -0.05) is 18.9 Å². The van der Waals surface area contributed by atoms with Crippen molar-refractivity contribution >= 4 is 29.1 Å². The lowest BCUT2D eigenvalue weighted by atomic mass is 10.1. The van der Waals surface area contributed by atoms with Crippen LogP contribution in [0.1, 0.15) is 39.0 Å². The van der Waals surface area contributed by atoms with Gasteiger partial charge in [0.05, 0.1) is 5.92 Å². The van der Waals surface area contributed by atoms with E-state index in [9.17, 15) is 14.4 Å². The van der Waals surface area contributed by atoms with E-state index in [1.165, 1.54) is 19.8 Å². The maximum absolute atomic E-state index is 12.5. The van der Waals surface area contributed by atoms with Crippen LogP contribution in [0.15, 0.2) is 24.3 Å². The van der Waals surface area contributed by atoms with E-state index in [0.717, 1.165) is 12.8 Å². The molecule has 3 amide bonds. The van der Waals surface area contributed by atoms with Gasteiger partial charge in [0.2, 0.25) is 17.7 Å². The third-order valence-corrected chi connectivity index (χ3v) is 4.75. The van der Waals surface area contributed by atoms with Crippen molar-refractivity contribution in [3.63, 3.8) is 0 Å². The Balaban J connectivity index is 1.61. The van der Waals surface area contributed by atoms with Gasteiger partial charge in [-0.05, 0) is 31.0 Å². The van der Waals surface area contributed by atoms with Gasteiger partial charge in [0.25, 0.3) is 0 Å². The van der Waals surface area contributed by atoms with E-state index >= 15 is 0 Å². The molecule has 2 fully saturated rings. The van der Waals surface area contributed by atoms with Crippen molar-refractivity contribution in [1.82, 2.24) is 4.90 Å². The largest absolute Gasteiger partial charge is 0.339 e. The summed E-state index contributed by atoms with van der Waals surface area (Å²) in [5, 5.41) is 5.55. The van der Waals surface area contributed by atoms with Gasteiger partial charge in [-0.2, -0.15) is 0 Å². The predicted octanol–water partition coefficient (Wildman–Crippen LogP) is 2.37. The molecule has 0 unspecified atom stereocenters. The lowest BCUT2D eigenvalue weighted by molar-refractivity contribution is -0.130. The van der Waals surface area contributed by atoms with E-state index in [4.69, 9.17) is 0 Å². The molecule has 1 aliphatic heterocycles. The quantitative estimate of drug-likeness (QED) is 0.890. The molecule has 0 aromatic heterocycles. The van der Waals surface area contributed by atoms with E-state index in [1.807, 2.05) is 4.90 Å². The molecule has 1 atom stereocenters. The Bertz CT molecular complexity index is 653. The molecule has 128 valence electrons. The zero-order valence-corrected chi connectivity index (χ0v) is 13.9. The minimum Gasteiger partial charge on any atom is -0.339 e. The molecule has 0 bridgehead atoms. The number of nitrogens with zero attached hydrogens (tertiary/aromatic N) is 1. The van der Waals surface area contributed by atoms with E-state index in [-0.39, 0.29) is 30.1 Å². The molecule has 1 aromatic carbocycles. The molecule has 3 rings (SSSR count). The summed E-state index contributed by atoms with van der Waals surface area (Å²) in [6.45, 7) is 1.95. The van der Waals surface area contributed by atoms with Crippen LogP contribution in [-0.2, 0) is 14.4 Å². The van der Waals surface area contributed by atoms with Crippen LogP contribution in [0, 0.1) is 5.92 Å². The van der Waals surface area contributed by atoms with Gasteiger partial charge in [-0.25, -0.2) is 0 Å². The van der Waals surface area contributed by atoms with Gasteiger partial charge < -0.3 is 15.5 Å². The molecule has 1 saturated heterocycles. The minimum absolute atomic E-state index is 0.0917. The van der Waals surface area contributed by atoms with Crippen LogP contribution >= 0.6 is 0 Å². The molecule has 0 spiro atoms. The summed E-state index contributed by atoms with van der Waals surface area (Å²) in [6, 6.07) is 7.33. The Kier molecular flexibility index (Phi) is 4.83. The maximum atomic E-state index is 12.5. The monoisotopic (exact) mass is 329 g/mol. The molecular weight excluding hydrogens is 306 g/mol. The fourth-order valence-electron chi connectivity index (χ4n) is 3.60. The minimum atomic E-state index is -0.303. The summed E-state index contributed by atoms with van der Waals surface area (Å²) < 4.78 is 0. The number of benzene rings is 1. The molecule has 1 saturated carbocycles. The normalized spacial score (nSPS) is 21.1. The van der Waals surface area contributed by atoms with Crippen molar-refractivity contribution in [2.45, 2.75) is 45.1 Å². The molecule has 1 aromatic rings. The lowest BCUT2D eigenvalue weighted by Crippen LogP contribution is -2.35. The van der Waals surface area contributed by atoms with Gasteiger partial charge >= 0.3 is 0 Å². The number of hydrogen-bond donors (Lipinski definition) is 2. The molecule has 2 N–H and O–H groups in total. The summed E-state index contributed by atoms with van der Waals surface area (Å²) in [6.07, 6.45) is 4.73. The van der Waals surface area contributed by atoms with Crippen LogP contribution < -0.4 is 10.6 Å². The highest BCUT2D eigenvalue weighted by molar-refractivity contribution is 5.98. The standard InChI is InChI=1S/C18H23N3O3/c1-12(22)19-14-5-4-6-15(10-14)20-18(24)13-9-17(23)21(11-13)16-7-2-3-8-16/h4-6,10,13,16H,2-3,7-9,11H2,1H3,(H,19,22)(H,20,24)/t13-/m0/s1. The van der Waals surface area contributed by atoms with Crippen LogP contribution in [0.4, 0.5) is 11.4 Å². The van der Waals surface area contributed by atoms with E-state index in [0.29, 0.717) is 24.0 Å². The summed E-state index contributed by atoms with van der Waals surface area (Å²) in [7, 11) is 0. The van der Waals surface area contributed by atoms with Crippen molar-refractivity contribution in [1.29, 1.82) is 0 Å². The Hall–Kier alpha value is -2.37. The number of carbonyl (C=O) groups excluding carboxylic acids is 3. The Morgan fingerprint density at radius 1 is 1.12 bits per heavy atom. The van der Waals surface area contributed by atoms with Crippen LogP contribution in [0.3, 0.4) is 0 Å². The summed E-state index contributed by atoms with van der Waals surface area (Å²) >= 11 is 0. The van der Waals surface area contributed by atoms with E-state index in [2.05, 4.69) is 10.6 Å². The van der Waals surface area contributed by atoms with Crippen molar-refractivity contribution in [2.24, 2.45) is 5.92 Å². The zero-order valence-electron chi connectivity index (χ0n) is 13.9. The van der Waals surface area contributed by atoms with Crippen LogP contribution in [0.25, 0.3) is 0 Å². The number of carbonyl (C=O) groups is 3. The van der Waals surface area contributed by atoms with Crippen LogP contribution in [0.2, 0.25) is 0 Å². The lowest BCUT2D eigenvalue weighted by Gasteiger charge is -2.23. The van der Waals surface area contributed by atoms with Crippen LogP contribution in [0.5, 0.6) is 0 Å². The summed E-state index contributed by atoms with van der Waals surface area (Å²) in [5.74, 6) is -0.507. The first-order chi connectivity index (χ1) is 11.5. The molecule has 6 heteroatoms. The average molecular weight is 329 g/mol. The molecular formula is C18H23N3O3. The number of rotatable bonds is 4. The average Bonchev–Trinajstić information content (AvgIpc) is 3.16. The van der Waals surface area contributed by atoms with Crippen molar-refractivity contribution in [3.8, 4) is 0 Å². The number of likely N-dealkylation sites (tertiary alicyclic amines) is 1. The Morgan fingerprint density at radius 2 is 1.79 bits per heavy atom. The van der Waals surface area contributed by atoms with Crippen molar-refractivity contribution in [2.75, 3.05) is 17.2 Å². The van der Waals surface area contributed by atoms with Gasteiger partial charge in [-0.15, -0.1) is 0 Å². The highest BCUT2D eigenvalue weighted by atomic mass is 16.2. The molecule has 0 radical (unpaired) electrons. The second-order valence-corrected chi connectivity index (χ2v) is 6.64. The second-order valence-electron chi connectivity index (χ2n) is 6.64. The smallest absolute Gasteiger partial charge is 0.229 e. The van der Waals surface area contributed by atoms with Gasteiger partial charge in [-0.3, -0.25) is 14.4 Å². The molecule has 24 heavy (non-hydrogen) atoms. The Labute approximate surface area is 141 Å². The number of amides is 3. The zero-order chi connectivity index (χ0) is 17.1.